The normalized spacial score (nSPS) is 11.8. The van der Waals surface area contributed by atoms with E-state index in [2.05, 4.69) is 244 Å². The maximum Gasteiger partial charge on any atom is 0.238 e. The fourth-order valence-electron chi connectivity index (χ4n) is 10.6. The number of aromatic nitrogens is 6. The Morgan fingerprint density at radius 2 is 0.638 bits per heavy atom. The van der Waals surface area contributed by atoms with Crippen molar-refractivity contribution >= 4 is 65.4 Å². The average molecular weight is 881 g/mol. The molecule has 0 saturated carbocycles. The molecule has 0 aliphatic heterocycles. The van der Waals surface area contributed by atoms with Gasteiger partial charge in [-0.2, -0.15) is 9.97 Å². The second-order valence-electron chi connectivity index (χ2n) is 17.6. The fourth-order valence-corrected chi connectivity index (χ4v) is 10.6. The molecule has 10 aromatic carbocycles. The molecule has 0 radical (unpaired) electrons. The van der Waals surface area contributed by atoms with E-state index < -0.39 is 0 Å². The molecular weight excluding hydrogens is 841 g/mol. The lowest BCUT2D eigenvalue weighted by Crippen LogP contribution is -2.08. The quantitative estimate of drug-likeness (QED) is 0.160. The Morgan fingerprint density at radius 3 is 1.14 bits per heavy atom. The molecule has 6 nitrogen and oxygen atoms in total. The van der Waals surface area contributed by atoms with E-state index in [9.17, 15) is 0 Å². The summed E-state index contributed by atoms with van der Waals surface area (Å²) in [5.41, 5.74) is 15.0. The van der Waals surface area contributed by atoms with Gasteiger partial charge in [-0.25, -0.2) is 4.98 Å². The molecular formula is C63H40N6. The van der Waals surface area contributed by atoms with Crippen LogP contribution < -0.4 is 0 Å². The highest BCUT2D eigenvalue weighted by molar-refractivity contribution is 6.26. The zero-order valence-electron chi connectivity index (χ0n) is 37.3. The Hall–Kier alpha value is -9.39. The number of rotatable bonds is 7. The third kappa shape index (κ3) is 6.16. The Bertz CT molecular complexity index is 4110. The van der Waals surface area contributed by atoms with Crippen LogP contribution in [-0.2, 0) is 0 Å². The van der Waals surface area contributed by atoms with E-state index in [4.69, 9.17) is 15.0 Å². The minimum atomic E-state index is 0.536. The summed E-state index contributed by atoms with van der Waals surface area (Å²) in [7, 11) is 0. The van der Waals surface area contributed by atoms with Crippen molar-refractivity contribution in [1.82, 2.24) is 28.7 Å². The number of benzene rings is 10. The van der Waals surface area contributed by atoms with Gasteiger partial charge in [0.25, 0.3) is 0 Å². The molecule has 0 amide bonds. The van der Waals surface area contributed by atoms with Crippen molar-refractivity contribution in [3.05, 3.63) is 243 Å². The molecule has 0 bridgehead atoms. The molecule has 0 spiro atoms. The Kier molecular flexibility index (Phi) is 8.79. The molecule has 69 heavy (non-hydrogen) atoms. The predicted octanol–water partition coefficient (Wildman–Crippen LogP) is 15.8. The van der Waals surface area contributed by atoms with Gasteiger partial charge in [-0.3, -0.25) is 4.57 Å². The molecule has 322 valence electrons. The summed E-state index contributed by atoms with van der Waals surface area (Å²) in [5, 5.41) is 6.87. The number of hydrogen-bond acceptors (Lipinski definition) is 3. The summed E-state index contributed by atoms with van der Waals surface area (Å²) in [6.07, 6.45) is 0. The molecule has 0 unspecified atom stereocenters. The van der Waals surface area contributed by atoms with E-state index >= 15 is 0 Å². The van der Waals surface area contributed by atoms with E-state index in [-0.39, 0.29) is 0 Å². The van der Waals surface area contributed by atoms with Gasteiger partial charge in [0.15, 0.2) is 11.6 Å². The van der Waals surface area contributed by atoms with Crippen molar-refractivity contribution in [1.29, 1.82) is 0 Å². The highest BCUT2D eigenvalue weighted by Crippen LogP contribution is 2.47. The van der Waals surface area contributed by atoms with Crippen LogP contribution in [0.5, 0.6) is 0 Å². The van der Waals surface area contributed by atoms with E-state index in [1.807, 2.05) is 12.1 Å². The molecule has 0 aliphatic carbocycles. The summed E-state index contributed by atoms with van der Waals surface area (Å²) < 4.78 is 7.20. The van der Waals surface area contributed by atoms with Crippen molar-refractivity contribution in [3.63, 3.8) is 0 Å². The van der Waals surface area contributed by atoms with Crippen molar-refractivity contribution in [2.45, 2.75) is 0 Å². The van der Waals surface area contributed by atoms with Crippen LogP contribution in [0.1, 0.15) is 0 Å². The van der Waals surface area contributed by atoms with Gasteiger partial charge < -0.3 is 9.13 Å². The third-order valence-corrected chi connectivity index (χ3v) is 13.7. The van der Waals surface area contributed by atoms with Crippen molar-refractivity contribution in [2.75, 3.05) is 0 Å². The molecule has 14 aromatic rings. The smallest absolute Gasteiger partial charge is 0.238 e. The van der Waals surface area contributed by atoms with Gasteiger partial charge in [-0.1, -0.05) is 200 Å². The molecule has 14 rings (SSSR count). The predicted molar refractivity (Wildman–Crippen MR) is 285 cm³/mol. The van der Waals surface area contributed by atoms with Gasteiger partial charge in [-0.15, -0.1) is 0 Å². The van der Waals surface area contributed by atoms with Crippen molar-refractivity contribution < 1.29 is 0 Å². The maximum absolute atomic E-state index is 5.51. The summed E-state index contributed by atoms with van der Waals surface area (Å²) >= 11 is 0. The third-order valence-electron chi connectivity index (χ3n) is 13.7. The molecule has 0 saturated heterocycles. The van der Waals surface area contributed by atoms with Gasteiger partial charge >= 0.3 is 0 Å². The second kappa shape index (κ2) is 15.6. The number of hydrogen-bond donors (Lipinski definition) is 0. The lowest BCUT2D eigenvalue weighted by Gasteiger charge is -2.17. The molecule has 0 atom stereocenters. The summed E-state index contributed by atoms with van der Waals surface area (Å²) in [5.74, 6) is 1.72. The number of fused-ring (bicyclic) bond motifs is 9. The van der Waals surface area contributed by atoms with Crippen LogP contribution in [0.15, 0.2) is 243 Å². The standard InChI is InChI=1S/C63H40N6/c1-4-18-41(19-5-1)43-32-36-45(37-33-43)61-64-62(46-38-34-44(35-39-46)42-20-6-2-7-21-42)66-63(65-61)69-55-30-16-12-26-50(55)52-40-57-58(51-27-13-17-31-56(51)67(57)47-22-8-3-9-23-47)60(59(52)69)68-53-28-14-10-24-48(53)49-25-11-15-29-54(49)68/h1-40H. The van der Waals surface area contributed by atoms with Crippen molar-refractivity contribution in [2.24, 2.45) is 0 Å². The highest BCUT2D eigenvalue weighted by atomic mass is 15.2. The van der Waals surface area contributed by atoms with E-state index in [0.717, 1.165) is 99.4 Å². The van der Waals surface area contributed by atoms with Crippen LogP contribution in [0.3, 0.4) is 0 Å². The van der Waals surface area contributed by atoms with E-state index in [1.54, 1.807) is 0 Å². The van der Waals surface area contributed by atoms with Crippen LogP contribution in [-0.4, -0.2) is 28.7 Å². The first-order valence-electron chi connectivity index (χ1n) is 23.4. The Morgan fingerprint density at radius 1 is 0.261 bits per heavy atom. The van der Waals surface area contributed by atoms with Crippen LogP contribution in [0.4, 0.5) is 0 Å². The van der Waals surface area contributed by atoms with Crippen LogP contribution in [0.2, 0.25) is 0 Å². The summed E-state index contributed by atoms with van der Waals surface area (Å²) in [4.78, 5) is 16.3. The van der Waals surface area contributed by atoms with Crippen LogP contribution >= 0.6 is 0 Å². The van der Waals surface area contributed by atoms with Gasteiger partial charge in [0.1, 0.15) is 0 Å². The highest BCUT2D eigenvalue weighted by Gasteiger charge is 2.28. The molecule has 0 N–H and O–H groups in total. The minimum Gasteiger partial charge on any atom is -0.309 e. The Labute approximate surface area is 397 Å². The topological polar surface area (TPSA) is 53.5 Å². The zero-order chi connectivity index (χ0) is 45.4. The van der Waals surface area contributed by atoms with Gasteiger partial charge in [0, 0.05) is 49.1 Å². The van der Waals surface area contributed by atoms with Gasteiger partial charge in [-0.05, 0) is 64.7 Å². The van der Waals surface area contributed by atoms with E-state index in [0.29, 0.717) is 17.6 Å². The largest absolute Gasteiger partial charge is 0.309 e. The second-order valence-corrected chi connectivity index (χ2v) is 17.6. The number of para-hydroxylation sites is 5. The van der Waals surface area contributed by atoms with E-state index in [1.165, 1.54) is 10.8 Å². The molecule has 0 aliphatic rings. The molecule has 6 heteroatoms. The zero-order valence-corrected chi connectivity index (χ0v) is 37.3. The Balaban J connectivity index is 1.13. The molecule has 4 aromatic heterocycles. The molecule has 4 heterocycles. The molecule has 0 fully saturated rings. The van der Waals surface area contributed by atoms with Gasteiger partial charge in [0.2, 0.25) is 5.95 Å². The first kappa shape index (κ1) is 38.8. The first-order valence-corrected chi connectivity index (χ1v) is 23.4. The van der Waals surface area contributed by atoms with Gasteiger partial charge in [0.05, 0.1) is 38.8 Å². The summed E-state index contributed by atoms with van der Waals surface area (Å²) in [6, 6.07) is 86.2. The van der Waals surface area contributed by atoms with Crippen LogP contribution in [0, 0.1) is 0 Å². The SMILES string of the molecule is c1ccc(-c2ccc(-c3nc(-c4ccc(-c5ccccc5)cc4)nc(-n4c5ccccc5c5cc6c(c(-n7c8ccccc8c8ccccc87)c54)c4ccccc4n6-c4ccccc4)n3)cc2)cc1. The fraction of sp³-hybridized carbons (Fsp3) is 0. The maximum atomic E-state index is 5.51. The lowest BCUT2D eigenvalue weighted by molar-refractivity contribution is 0.950. The average Bonchev–Trinajstić information content (AvgIpc) is 4.07. The number of nitrogens with zero attached hydrogens (tertiary/aromatic N) is 6. The minimum absolute atomic E-state index is 0.536. The summed E-state index contributed by atoms with van der Waals surface area (Å²) in [6.45, 7) is 0. The van der Waals surface area contributed by atoms with Crippen LogP contribution in [0.25, 0.3) is 128 Å². The van der Waals surface area contributed by atoms with Crippen molar-refractivity contribution in [3.8, 4) is 62.4 Å². The first-order chi connectivity index (χ1) is 34.2. The lowest BCUT2D eigenvalue weighted by atomic mass is 10.0. The monoisotopic (exact) mass is 880 g/mol.